The molecule has 0 radical (unpaired) electrons. The van der Waals surface area contributed by atoms with Crippen molar-refractivity contribution in [2.75, 3.05) is 0 Å². The van der Waals surface area contributed by atoms with E-state index in [4.69, 9.17) is 0 Å². The summed E-state index contributed by atoms with van der Waals surface area (Å²) in [6, 6.07) is 18.8. The normalized spacial score (nSPS) is 12.5. The highest BCUT2D eigenvalue weighted by Gasteiger charge is 2.33. The zero-order valence-corrected chi connectivity index (χ0v) is 13.9. The SMILES string of the molecule is C=Cc1cc2c(c(-c3ccccc3)c1)C(=O)c1c(C)cccc1C2=O. The molecular weight excluding hydrogens is 308 g/mol. The number of carbonyl (C=O) groups is 2. The summed E-state index contributed by atoms with van der Waals surface area (Å²) in [4.78, 5) is 26.4. The van der Waals surface area contributed by atoms with Crippen LogP contribution in [-0.2, 0) is 0 Å². The number of fused-ring (bicyclic) bond motifs is 2. The van der Waals surface area contributed by atoms with Crippen LogP contribution in [0.15, 0.2) is 67.2 Å². The summed E-state index contributed by atoms with van der Waals surface area (Å²) in [5.74, 6) is -0.189. The summed E-state index contributed by atoms with van der Waals surface area (Å²) < 4.78 is 0. The van der Waals surface area contributed by atoms with Crippen molar-refractivity contribution in [2.45, 2.75) is 6.92 Å². The van der Waals surface area contributed by atoms with Crippen LogP contribution in [0.25, 0.3) is 17.2 Å². The molecule has 4 rings (SSSR count). The lowest BCUT2D eigenvalue weighted by Gasteiger charge is -2.22. The highest BCUT2D eigenvalue weighted by Crippen LogP contribution is 2.36. The fourth-order valence-electron chi connectivity index (χ4n) is 3.48. The van der Waals surface area contributed by atoms with E-state index in [1.807, 2.05) is 55.5 Å². The molecule has 2 nitrogen and oxygen atoms in total. The lowest BCUT2D eigenvalue weighted by molar-refractivity contribution is 0.0979. The third-order valence-corrected chi connectivity index (χ3v) is 4.70. The number of rotatable bonds is 2. The molecule has 3 aromatic carbocycles. The summed E-state index contributed by atoms with van der Waals surface area (Å²) in [7, 11) is 0. The lowest BCUT2D eigenvalue weighted by Crippen LogP contribution is -2.23. The third-order valence-electron chi connectivity index (χ3n) is 4.70. The van der Waals surface area contributed by atoms with E-state index in [1.54, 1.807) is 18.2 Å². The van der Waals surface area contributed by atoms with Crippen LogP contribution in [0.2, 0.25) is 0 Å². The van der Waals surface area contributed by atoms with Crippen molar-refractivity contribution in [3.63, 3.8) is 0 Å². The van der Waals surface area contributed by atoms with Gasteiger partial charge in [0.15, 0.2) is 11.6 Å². The van der Waals surface area contributed by atoms with Gasteiger partial charge in [-0.05, 0) is 41.3 Å². The minimum absolute atomic E-state index is 0.0860. The molecule has 0 unspecified atom stereocenters. The molecule has 25 heavy (non-hydrogen) atoms. The highest BCUT2D eigenvalue weighted by atomic mass is 16.1. The standard InChI is InChI=1S/C23H16O2/c1-3-15-12-18(16-9-5-4-6-10-16)21-19(13-15)22(24)17-11-7-8-14(2)20(17)23(21)25/h3-13H,1H2,2H3. The van der Waals surface area contributed by atoms with Gasteiger partial charge in [0.2, 0.25) is 0 Å². The Bertz CT molecular complexity index is 1040. The van der Waals surface area contributed by atoms with Crippen molar-refractivity contribution >= 4 is 17.6 Å². The minimum atomic E-state index is -0.103. The molecule has 0 spiro atoms. The molecule has 3 aromatic rings. The largest absolute Gasteiger partial charge is 0.289 e. The summed E-state index contributed by atoms with van der Waals surface area (Å²) in [5, 5.41) is 0. The number of hydrogen-bond acceptors (Lipinski definition) is 2. The smallest absolute Gasteiger partial charge is 0.195 e. The Hall–Kier alpha value is -3.26. The first-order valence-electron chi connectivity index (χ1n) is 8.16. The molecular formula is C23H16O2. The zero-order valence-electron chi connectivity index (χ0n) is 13.9. The van der Waals surface area contributed by atoms with E-state index >= 15 is 0 Å². The van der Waals surface area contributed by atoms with Crippen molar-refractivity contribution in [3.8, 4) is 11.1 Å². The van der Waals surface area contributed by atoms with E-state index in [2.05, 4.69) is 6.58 Å². The van der Waals surface area contributed by atoms with Gasteiger partial charge in [0.1, 0.15) is 0 Å². The molecule has 0 atom stereocenters. The number of ketones is 2. The van der Waals surface area contributed by atoms with E-state index in [0.717, 1.165) is 22.3 Å². The highest BCUT2D eigenvalue weighted by molar-refractivity contribution is 6.30. The van der Waals surface area contributed by atoms with E-state index in [-0.39, 0.29) is 11.6 Å². The van der Waals surface area contributed by atoms with Crippen LogP contribution >= 0.6 is 0 Å². The number of benzene rings is 3. The Morgan fingerprint density at radius 3 is 2.20 bits per heavy atom. The zero-order chi connectivity index (χ0) is 17.6. The second-order valence-corrected chi connectivity index (χ2v) is 6.22. The second kappa shape index (κ2) is 5.67. The molecule has 0 aliphatic heterocycles. The van der Waals surface area contributed by atoms with Crippen LogP contribution in [0.5, 0.6) is 0 Å². The topological polar surface area (TPSA) is 34.1 Å². The van der Waals surface area contributed by atoms with E-state index < -0.39 is 0 Å². The maximum atomic E-state index is 13.3. The van der Waals surface area contributed by atoms with Gasteiger partial charge < -0.3 is 0 Å². The van der Waals surface area contributed by atoms with Crippen molar-refractivity contribution < 1.29 is 9.59 Å². The monoisotopic (exact) mass is 324 g/mol. The lowest BCUT2D eigenvalue weighted by atomic mass is 9.78. The fourth-order valence-corrected chi connectivity index (χ4v) is 3.48. The average Bonchev–Trinajstić information content (AvgIpc) is 2.65. The first kappa shape index (κ1) is 15.3. The van der Waals surface area contributed by atoms with Crippen molar-refractivity contribution in [1.29, 1.82) is 0 Å². The van der Waals surface area contributed by atoms with Gasteiger partial charge in [-0.15, -0.1) is 0 Å². The molecule has 0 saturated heterocycles. The first-order valence-corrected chi connectivity index (χ1v) is 8.16. The summed E-state index contributed by atoms with van der Waals surface area (Å²) in [6.45, 7) is 5.69. The van der Waals surface area contributed by atoms with Crippen LogP contribution in [-0.4, -0.2) is 11.6 Å². The van der Waals surface area contributed by atoms with Gasteiger partial charge in [-0.2, -0.15) is 0 Å². The van der Waals surface area contributed by atoms with Gasteiger partial charge in [-0.1, -0.05) is 61.2 Å². The Balaban J connectivity index is 2.09. The number of aryl methyl sites for hydroxylation is 1. The second-order valence-electron chi connectivity index (χ2n) is 6.22. The van der Waals surface area contributed by atoms with Crippen LogP contribution in [0.4, 0.5) is 0 Å². The summed E-state index contributed by atoms with van der Waals surface area (Å²) >= 11 is 0. The van der Waals surface area contributed by atoms with Gasteiger partial charge >= 0.3 is 0 Å². The van der Waals surface area contributed by atoms with Crippen LogP contribution in [0.1, 0.15) is 43.0 Å². The van der Waals surface area contributed by atoms with Crippen LogP contribution in [0.3, 0.4) is 0 Å². The Kier molecular flexibility index (Phi) is 3.47. The molecule has 0 heterocycles. The minimum Gasteiger partial charge on any atom is -0.289 e. The Morgan fingerprint density at radius 1 is 0.760 bits per heavy atom. The van der Waals surface area contributed by atoms with Gasteiger partial charge in [-0.25, -0.2) is 0 Å². The maximum absolute atomic E-state index is 13.3. The van der Waals surface area contributed by atoms with Crippen molar-refractivity contribution in [3.05, 3.63) is 101 Å². The Morgan fingerprint density at radius 2 is 1.48 bits per heavy atom. The van der Waals surface area contributed by atoms with E-state index in [9.17, 15) is 9.59 Å². The molecule has 0 amide bonds. The predicted octanol–water partition coefficient (Wildman–Crippen LogP) is 5.08. The predicted molar refractivity (Wildman–Crippen MR) is 100 cm³/mol. The van der Waals surface area contributed by atoms with Crippen LogP contribution in [0, 0.1) is 6.92 Å². The number of carbonyl (C=O) groups excluding carboxylic acids is 2. The van der Waals surface area contributed by atoms with Gasteiger partial charge in [0.05, 0.1) is 0 Å². The van der Waals surface area contributed by atoms with Crippen molar-refractivity contribution in [1.82, 2.24) is 0 Å². The number of hydrogen-bond donors (Lipinski definition) is 0. The molecule has 0 N–H and O–H groups in total. The molecule has 0 bridgehead atoms. The molecule has 1 aliphatic rings. The Labute approximate surface area is 146 Å². The van der Waals surface area contributed by atoms with E-state index in [1.165, 1.54) is 0 Å². The van der Waals surface area contributed by atoms with Gasteiger partial charge in [-0.3, -0.25) is 9.59 Å². The molecule has 120 valence electrons. The fraction of sp³-hybridized carbons (Fsp3) is 0.0435. The third kappa shape index (κ3) is 2.26. The molecule has 2 heteroatoms. The first-order chi connectivity index (χ1) is 12.1. The van der Waals surface area contributed by atoms with Crippen molar-refractivity contribution in [2.24, 2.45) is 0 Å². The van der Waals surface area contributed by atoms with E-state index in [0.29, 0.717) is 22.3 Å². The van der Waals surface area contributed by atoms with Gasteiger partial charge in [0.25, 0.3) is 0 Å². The molecule has 0 saturated carbocycles. The molecule has 1 aliphatic carbocycles. The summed E-state index contributed by atoms with van der Waals surface area (Å²) in [5.41, 5.74) is 5.30. The quantitative estimate of drug-likeness (QED) is 0.515. The molecule has 0 aromatic heterocycles. The van der Waals surface area contributed by atoms with Crippen LogP contribution < -0.4 is 0 Å². The molecule has 0 fully saturated rings. The maximum Gasteiger partial charge on any atom is 0.195 e. The average molecular weight is 324 g/mol. The summed E-state index contributed by atoms with van der Waals surface area (Å²) in [6.07, 6.45) is 1.70. The van der Waals surface area contributed by atoms with Gasteiger partial charge in [0, 0.05) is 22.3 Å².